The van der Waals surface area contributed by atoms with Crippen LogP contribution < -0.4 is 9.80 Å². The van der Waals surface area contributed by atoms with Crippen LogP contribution in [0.4, 0.5) is 11.6 Å². The minimum atomic E-state index is 0.479. The Morgan fingerprint density at radius 1 is 1.26 bits per heavy atom. The van der Waals surface area contributed by atoms with Crippen molar-refractivity contribution in [3.8, 4) is 0 Å². The van der Waals surface area contributed by atoms with E-state index in [1.807, 2.05) is 31.3 Å². The summed E-state index contributed by atoms with van der Waals surface area (Å²) in [5.41, 5.74) is 2.44. The van der Waals surface area contributed by atoms with Gasteiger partial charge in [-0.1, -0.05) is 0 Å². The Hall–Kier alpha value is -2.15. The standard InChI is InChI=1S/C16H25N7/c1-12-13(8-19-20-12)9-23-6-5-14(10-23)22(4)16-7-15(21(2)3)17-11-18-16/h7-8,11,14H,5-6,9-10H2,1-4H3,(H,19,20). The van der Waals surface area contributed by atoms with Crippen LogP contribution in [0.5, 0.6) is 0 Å². The van der Waals surface area contributed by atoms with Gasteiger partial charge in [-0.05, 0) is 13.3 Å². The second kappa shape index (κ2) is 6.54. The van der Waals surface area contributed by atoms with Crippen molar-refractivity contribution in [1.82, 2.24) is 25.1 Å². The summed E-state index contributed by atoms with van der Waals surface area (Å²) in [4.78, 5) is 15.5. The molecule has 3 heterocycles. The third-order valence-electron chi connectivity index (χ3n) is 4.58. The largest absolute Gasteiger partial charge is 0.363 e. The van der Waals surface area contributed by atoms with Crippen molar-refractivity contribution in [2.75, 3.05) is 44.0 Å². The summed E-state index contributed by atoms with van der Waals surface area (Å²) in [7, 11) is 6.12. The molecule has 1 unspecified atom stereocenters. The molecule has 2 aromatic rings. The van der Waals surface area contributed by atoms with Crippen LogP contribution in [0.25, 0.3) is 0 Å². The maximum atomic E-state index is 4.44. The summed E-state index contributed by atoms with van der Waals surface area (Å²) in [6, 6.07) is 2.52. The van der Waals surface area contributed by atoms with E-state index in [0.717, 1.165) is 43.4 Å². The SMILES string of the molecule is Cc1[nH]ncc1CN1CCC(N(C)c2cc(N(C)C)ncn2)C1. The Labute approximate surface area is 137 Å². The number of hydrogen-bond donors (Lipinski definition) is 1. The molecular weight excluding hydrogens is 290 g/mol. The number of H-pyrrole nitrogens is 1. The first-order valence-electron chi connectivity index (χ1n) is 7.98. The van der Waals surface area contributed by atoms with Crippen LogP contribution >= 0.6 is 0 Å². The fraction of sp³-hybridized carbons (Fsp3) is 0.562. The van der Waals surface area contributed by atoms with E-state index < -0.39 is 0 Å². The van der Waals surface area contributed by atoms with Crippen molar-refractivity contribution in [1.29, 1.82) is 0 Å². The lowest BCUT2D eigenvalue weighted by molar-refractivity contribution is 0.325. The molecule has 1 aliphatic heterocycles. The number of rotatable bonds is 5. The molecule has 124 valence electrons. The summed E-state index contributed by atoms with van der Waals surface area (Å²) < 4.78 is 0. The zero-order valence-corrected chi connectivity index (χ0v) is 14.3. The summed E-state index contributed by atoms with van der Waals surface area (Å²) in [5.74, 6) is 1.92. The minimum Gasteiger partial charge on any atom is -0.363 e. The van der Waals surface area contributed by atoms with Crippen molar-refractivity contribution >= 4 is 11.6 Å². The van der Waals surface area contributed by atoms with Crippen LogP contribution in [0.2, 0.25) is 0 Å². The molecule has 0 amide bonds. The highest BCUT2D eigenvalue weighted by atomic mass is 15.3. The number of aromatic amines is 1. The second-order valence-electron chi connectivity index (χ2n) is 6.44. The molecule has 7 heteroatoms. The summed E-state index contributed by atoms with van der Waals surface area (Å²) in [5, 5.41) is 7.12. The number of aryl methyl sites for hydroxylation is 1. The Balaban J connectivity index is 1.64. The van der Waals surface area contributed by atoms with Gasteiger partial charge in [-0.25, -0.2) is 9.97 Å². The maximum absolute atomic E-state index is 4.44. The molecule has 0 spiro atoms. The number of anilines is 2. The number of nitrogens with one attached hydrogen (secondary N) is 1. The molecule has 1 aliphatic rings. The first-order valence-corrected chi connectivity index (χ1v) is 7.98. The van der Waals surface area contributed by atoms with Gasteiger partial charge in [0, 0.05) is 64.1 Å². The van der Waals surface area contributed by atoms with E-state index in [9.17, 15) is 0 Å². The van der Waals surface area contributed by atoms with Crippen LogP contribution in [0.1, 0.15) is 17.7 Å². The molecule has 1 saturated heterocycles. The van der Waals surface area contributed by atoms with Gasteiger partial charge in [-0.3, -0.25) is 10.00 Å². The molecule has 7 nitrogen and oxygen atoms in total. The Kier molecular flexibility index (Phi) is 4.47. The molecule has 2 aromatic heterocycles. The van der Waals surface area contributed by atoms with Gasteiger partial charge < -0.3 is 9.80 Å². The van der Waals surface area contributed by atoms with Gasteiger partial charge in [0.15, 0.2) is 0 Å². The van der Waals surface area contributed by atoms with Crippen molar-refractivity contribution < 1.29 is 0 Å². The average Bonchev–Trinajstić information content (AvgIpc) is 3.17. The topological polar surface area (TPSA) is 64.2 Å². The molecule has 0 aliphatic carbocycles. The van der Waals surface area contributed by atoms with Crippen molar-refractivity contribution in [2.24, 2.45) is 0 Å². The first-order chi connectivity index (χ1) is 11.0. The minimum absolute atomic E-state index is 0.479. The summed E-state index contributed by atoms with van der Waals surface area (Å²) >= 11 is 0. The van der Waals surface area contributed by atoms with E-state index in [2.05, 4.69) is 43.9 Å². The van der Waals surface area contributed by atoms with Crippen molar-refractivity contribution in [2.45, 2.75) is 25.9 Å². The molecule has 0 aromatic carbocycles. The van der Waals surface area contributed by atoms with Gasteiger partial charge in [0.05, 0.1) is 6.20 Å². The zero-order valence-electron chi connectivity index (χ0n) is 14.3. The average molecular weight is 315 g/mol. The van der Waals surface area contributed by atoms with Crippen LogP contribution in [0, 0.1) is 6.92 Å². The fourth-order valence-electron chi connectivity index (χ4n) is 3.01. The van der Waals surface area contributed by atoms with E-state index in [4.69, 9.17) is 0 Å². The molecule has 1 atom stereocenters. The second-order valence-corrected chi connectivity index (χ2v) is 6.44. The highest BCUT2D eigenvalue weighted by Crippen LogP contribution is 2.23. The number of likely N-dealkylation sites (N-methyl/N-ethyl adjacent to an activating group) is 1. The molecule has 1 N–H and O–H groups in total. The quantitative estimate of drug-likeness (QED) is 0.897. The van der Waals surface area contributed by atoms with Crippen LogP contribution in [-0.4, -0.2) is 65.3 Å². The zero-order chi connectivity index (χ0) is 16.4. The van der Waals surface area contributed by atoms with Gasteiger partial charge in [0.1, 0.15) is 18.0 Å². The van der Waals surface area contributed by atoms with Crippen LogP contribution in [0.15, 0.2) is 18.6 Å². The van der Waals surface area contributed by atoms with E-state index in [1.165, 1.54) is 5.56 Å². The number of hydrogen-bond acceptors (Lipinski definition) is 6. The lowest BCUT2D eigenvalue weighted by atomic mass is 10.2. The van der Waals surface area contributed by atoms with Gasteiger partial charge in [-0.2, -0.15) is 5.10 Å². The summed E-state index contributed by atoms with van der Waals surface area (Å²) in [6.07, 6.45) is 4.72. The van der Waals surface area contributed by atoms with Crippen molar-refractivity contribution in [3.63, 3.8) is 0 Å². The first kappa shape index (κ1) is 15.7. The highest BCUT2D eigenvalue weighted by molar-refractivity contribution is 5.49. The van der Waals surface area contributed by atoms with Crippen molar-refractivity contribution in [3.05, 3.63) is 29.8 Å². The molecule has 0 saturated carbocycles. The lowest BCUT2D eigenvalue weighted by Gasteiger charge is -2.26. The van der Waals surface area contributed by atoms with Gasteiger partial charge in [0.25, 0.3) is 0 Å². The van der Waals surface area contributed by atoms with Crippen LogP contribution in [0.3, 0.4) is 0 Å². The number of likely N-dealkylation sites (tertiary alicyclic amines) is 1. The predicted octanol–water partition coefficient (Wildman–Crippen LogP) is 1.28. The fourth-order valence-corrected chi connectivity index (χ4v) is 3.01. The molecule has 1 fully saturated rings. The molecule has 3 rings (SSSR count). The maximum Gasteiger partial charge on any atom is 0.134 e. The monoisotopic (exact) mass is 315 g/mol. The van der Waals surface area contributed by atoms with Gasteiger partial charge in [-0.15, -0.1) is 0 Å². The molecule has 23 heavy (non-hydrogen) atoms. The molecule has 0 radical (unpaired) electrons. The molecule has 0 bridgehead atoms. The van der Waals surface area contributed by atoms with E-state index >= 15 is 0 Å². The van der Waals surface area contributed by atoms with Gasteiger partial charge >= 0.3 is 0 Å². The Morgan fingerprint density at radius 2 is 2.04 bits per heavy atom. The van der Waals surface area contributed by atoms with Crippen LogP contribution in [-0.2, 0) is 6.54 Å². The highest BCUT2D eigenvalue weighted by Gasteiger charge is 2.27. The number of aromatic nitrogens is 4. The van der Waals surface area contributed by atoms with E-state index in [-0.39, 0.29) is 0 Å². The molecular formula is C16H25N7. The van der Waals surface area contributed by atoms with E-state index in [0.29, 0.717) is 6.04 Å². The van der Waals surface area contributed by atoms with E-state index in [1.54, 1.807) is 6.33 Å². The number of nitrogens with zero attached hydrogens (tertiary/aromatic N) is 6. The predicted molar refractivity (Wildman–Crippen MR) is 91.8 cm³/mol. The summed E-state index contributed by atoms with van der Waals surface area (Å²) in [6.45, 7) is 5.18. The smallest absolute Gasteiger partial charge is 0.134 e. The Bertz CT molecular complexity index is 651. The normalized spacial score (nSPS) is 18.3. The Morgan fingerprint density at radius 3 is 2.74 bits per heavy atom. The third kappa shape index (κ3) is 3.44. The lowest BCUT2D eigenvalue weighted by Crippen LogP contribution is -2.35. The van der Waals surface area contributed by atoms with Gasteiger partial charge in [0.2, 0.25) is 0 Å². The third-order valence-corrected chi connectivity index (χ3v) is 4.58.